The average Bonchev–Trinajstić information content (AvgIpc) is 2.97. The predicted molar refractivity (Wildman–Crippen MR) is 68.8 cm³/mol. The van der Waals surface area contributed by atoms with Crippen LogP contribution in [0.4, 0.5) is 5.13 Å². The number of thiazole rings is 1. The van der Waals surface area contributed by atoms with Crippen molar-refractivity contribution in [1.29, 1.82) is 5.26 Å². The van der Waals surface area contributed by atoms with E-state index in [1.54, 1.807) is 17.4 Å². The van der Waals surface area contributed by atoms with Crippen molar-refractivity contribution in [2.75, 3.05) is 5.32 Å². The lowest BCUT2D eigenvalue weighted by Gasteiger charge is -1.94. The van der Waals surface area contributed by atoms with E-state index in [0.29, 0.717) is 10.0 Å². The van der Waals surface area contributed by atoms with Gasteiger partial charge in [0.15, 0.2) is 5.13 Å². The molecular weight excluding hydrogens is 254 g/mol. The maximum Gasteiger partial charge on any atom is 0.250 e. The van der Waals surface area contributed by atoms with Crippen LogP contribution in [-0.4, -0.2) is 10.9 Å². The first-order valence-electron chi connectivity index (χ1n) is 4.66. The highest BCUT2D eigenvalue weighted by Crippen LogP contribution is 2.17. The summed E-state index contributed by atoms with van der Waals surface area (Å²) in [7, 11) is 0. The van der Waals surface area contributed by atoms with Crippen LogP contribution in [-0.2, 0) is 4.79 Å². The average molecular weight is 261 g/mol. The van der Waals surface area contributed by atoms with E-state index >= 15 is 0 Å². The number of nitriles is 1. The molecular formula is C11H7N3OS2. The molecule has 0 atom stereocenters. The standard InChI is InChI=1S/C11H7N3OS2/c12-6-9-7-13-11(17-9)14-10(15)4-3-8-2-1-5-16-8/h1-5,7H,(H,13,14,15)/b4-3+. The third kappa shape index (κ3) is 3.24. The lowest BCUT2D eigenvalue weighted by Crippen LogP contribution is -2.06. The van der Waals surface area contributed by atoms with E-state index in [9.17, 15) is 4.79 Å². The van der Waals surface area contributed by atoms with Gasteiger partial charge in [0, 0.05) is 11.0 Å². The molecule has 2 heterocycles. The maximum absolute atomic E-state index is 11.5. The van der Waals surface area contributed by atoms with Gasteiger partial charge in [-0.3, -0.25) is 10.1 Å². The molecule has 0 unspecified atom stereocenters. The smallest absolute Gasteiger partial charge is 0.250 e. The number of thiophene rings is 1. The molecule has 0 aliphatic rings. The van der Waals surface area contributed by atoms with Gasteiger partial charge in [-0.15, -0.1) is 11.3 Å². The molecule has 4 nitrogen and oxygen atoms in total. The van der Waals surface area contributed by atoms with E-state index in [0.717, 1.165) is 16.2 Å². The van der Waals surface area contributed by atoms with Crippen LogP contribution in [0.15, 0.2) is 29.8 Å². The summed E-state index contributed by atoms with van der Waals surface area (Å²) >= 11 is 2.71. The summed E-state index contributed by atoms with van der Waals surface area (Å²) in [6.45, 7) is 0. The van der Waals surface area contributed by atoms with Crippen molar-refractivity contribution >= 4 is 39.8 Å². The Labute approximate surface area is 106 Å². The summed E-state index contributed by atoms with van der Waals surface area (Å²) in [5.41, 5.74) is 0. The van der Waals surface area contributed by atoms with Crippen LogP contribution in [0.5, 0.6) is 0 Å². The van der Waals surface area contributed by atoms with Crippen molar-refractivity contribution in [1.82, 2.24) is 4.98 Å². The highest BCUT2D eigenvalue weighted by molar-refractivity contribution is 7.16. The van der Waals surface area contributed by atoms with Gasteiger partial charge in [0.05, 0.1) is 6.20 Å². The molecule has 0 radical (unpaired) electrons. The normalized spacial score (nSPS) is 10.3. The summed E-state index contributed by atoms with van der Waals surface area (Å²) in [4.78, 5) is 16.9. The fourth-order valence-electron chi connectivity index (χ4n) is 1.07. The van der Waals surface area contributed by atoms with Gasteiger partial charge in [0.25, 0.3) is 0 Å². The highest BCUT2D eigenvalue weighted by atomic mass is 32.1. The van der Waals surface area contributed by atoms with E-state index in [1.807, 2.05) is 23.6 Å². The third-order valence-corrected chi connectivity index (χ3v) is 3.44. The Morgan fingerprint density at radius 1 is 1.59 bits per heavy atom. The number of carbonyl (C=O) groups is 1. The monoisotopic (exact) mass is 261 g/mol. The van der Waals surface area contributed by atoms with Crippen molar-refractivity contribution in [3.05, 3.63) is 39.5 Å². The molecule has 84 valence electrons. The molecule has 0 aliphatic heterocycles. The van der Waals surface area contributed by atoms with Gasteiger partial charge < -0.3 is 0 Å². The maximum atomic E-state index is 11.5. The fourth-order valence-corrected chi connectivity index (χ4v) is 2.31. The number of aromatic nitrogens is 1. The van der Waals surface area contributed by atoms with Gasteiger partial charge in [-0.05, 0) is 17.5 Å². The molecule has 0 saturated heterocycles. The summed E-state index contributed by atoms with van der Waals surface area (Å²) in [5.74, 6) is -0.253. The van der Waals surface area contributed by atoms with E-state index in [2.05, 4.69) is 10.3 Å². The summed E-state index contributed by atoms with van der Waals surface area (Å²) in [5, 5.41) is 13.6. The number of carbonyl (C=O) groups excluding carboxylic acids is 1. The van der Waals surface area contributed by atoms with Crippen LogP contribution < -0.4 is 5.32 Å². The molecule has 0 aliphatic carbocycles. The highest BCUT2D eigenvalue weighted by Gasteiger charge is 2.03. The fraction of sp³-hybridized carbons (Fsp3) is 0. The van der Waals surface area contributed by atoms with E-state index in [4.69, 9.17) is 5.26 Å². The second kappa shape index (κ2) is 5.39. The van der Waals surface area contributed by atoms with Crippen molar-refractivity contribution in [3.63, 3.8) is 0 Å². The summed E-state index contributed by atoms with van der Waals surface area (Å²) in [6.07, 6.45) is 4.61. The molecule has 0 spiro atoms. The second-order valence-electron chi connectivity index (χ2n) is 2.98. The molecule has 0 bridgehead atoms. The molecule has 2 aromatic heterocycles. The van der Waals surface area contributed by atoms with Crippen molar-refractivity contribution < 1.29 is 4.79 Å². The molecule has 0 saturated carbocycles. The number of hydrogen-bond donors (Lipinski definition) is 1. The number of hydrogen-bond acceptors (Lipinski definition) is 5. The van der Waals surface area contributed by atoms with Gasteiger partial charge in [-0.2, -0.15) is 5.26 Å². The molecule has 1 amide bonds. The van der Waals surface area contributed by atoms with Crippen molar-refractivity contribution in [2.45, 2.75) is 0 Å². The molecule has 1 N–H and O–H groups in total. The second-order valence-corrected chi connectivity index (χ2v) is 4.99. The summed E-state index contributed by atoms with van der Waals surface area (Å²) < 4.78 is 0. The number of anilines is 1. The Balaban J connectivity index is 1.96. The molecule has 0 fully saturated rings. The Kier molecular flexibility index (Phi) is 3.65. The van der Waals surface area contributed by atoms with Crippen molar-refractivity contribution in [3.8, 4) is 6.07 Å². The molecule has 2 aromatic rings. The number of nitrogens with zero attached hydrogens (tertiary/aromatic N) is 2. The van der Waals surface area contributed by atoms with E-state index in [-0.39, 0.29) is 5.91 Å². The van der Waals surface area contributed by atoms with Crippen LogP contribution >= 0.6 is 22.7 Å². The Hall–Kier alpha value is -1.97. The first kappa shape index (κ1) is 11.5. The topological polar surface area (TPSA) is 65.8 Å². The van der Waals surface area contributed by atoms with Crippen LogP contribution in [0, 0.1) is 11.3 Å². The largest absolute Gasteiger partial charge is 0.298 e. The SMILES string of the molecule is N#Cc1cnc(NC(=O)/C=C/c2cccs2)s1. The summed E-state index contributed by atoms with van der Waals surface area (Å²) in [6, 6.07) is 5.80. The first-order valence-corrected chi connectivity index (χ1v) is 6.36. The third-order valence-electron chi connectivity index (χ3n) is 1.79. The van der Waals surface area contributed by atoms with Crippen LogP contribution in [0.1, 0.15) is 9.75 Å². The van der Waals surface area contributed by atoms with Gasteiger partial charge in [0.1, 0.15) is 10.9 Å². The van der Waals surface area contributed by atoms with Gasteiger partial charge in [-0.1, -0.05) is 17.4 Å². The number of rotatable bonds is 3. The van der Waals surface area contributed by atoms with Gasteiger partial charge in [-0.25, -0.2) is 4.98 Å². The van der Waals surface area contributed by atoms with E-state index in [1.165, 1.54) is 12.3 Å². The van der Waals surface area contributed by atoms with Gasteiger partial charge in [0.2, 0.25) is 5.91 Å². The number of nitrogens with one attached hydrogen (secondary N) is 1. The minimum atomic E-state index is -0.253. The first-order chi connectivity index (χ1) is 8.28. The van der Waals surface area contributed by atoms with Gasteiger partial charge >= 0.3 is 0 Å². The lowest BCUT2D eigenvalue weighted by molar-refractivity contribution is -0.111. The van der Waals surface area contributed by atoms with Crippen molar-refractivity contribution in [2.24, 2.45) is 0 Å². The zero-order chi connectivity index (χ0) is 12.1. The van der Waals surface area contributed by atoms with Crippen LogP contribution in [0.3, 0.4) is 0 Å². The zero-order valence-electron chi connectivity index (χ0n) is 8.58. The molecule has 6 heteroatoms. The molecule has 0 aromatic carbocycles. The Morgan fingerprint density at radius 3 is 3.12 bits per heavy atom. The Bertz CT molecular complexity index is 578. The number of amides is 1. The minimum Gasteiger partial charge on any atom is -0.298 e. The van der Waals surface area contributed by atoms with Crippen LogP contribution in [0.2, 0.25) is 0 Å². The predicted octanol–water partition coefficient (Wildman–Crippen LogP) is 2.73. The minimum absolute atomic E-state index is 0.253. The Morgan fingerprint density at radius 2 is 2.47 bits per heavy atom. The zero-order valence-corrected chi connectivity index (χ0v) is 10.2. The lowest BCUT2D eigenvalue weighted by atomic mass is 10.4. The van der Waals surface area contributed by atoms with E-state index < -0.39 is 0 Å². The van der Waals surface area contributed by atoms with Crippen LogP contribution in [0.25, 0.3) is 6.08 Å². The molecule has 2 rings (SSSR count). The quantitative estimate of drug-likeness (QED) is 0.864. The molecule has 17 heavy (non-hydrogen) atoms.